The van der Waals surface area contributed by atoms with E-state index in [1.807, 2.05) is 16.5 Å². The van der Waals surface area contributed by atoms with Gasteiger partial charge in [0.15, 0.2) is 0 Å². The quantitative estimate of drug-likeness (QED) is 0.305. The van der Waals surface area contributed by atoms with Crippen LogP contribution in [-0.2, 0) is 18.3 Å². The molecule has 26 heavy (non-hydrogen) atoms. The highest BCUT2D eigenvalue weighted by molar-refractivity contribution is 5.99. The Morgan fingerprint density at radius 2 is 2.12 bits per heavy atom. The third kappa shape index (κ3) is 3.18. The molecule has 0 unspecified atom stereocenters. The van der Waals surface area contributed by atoms with Gasteiger partial charge in [0.1, 0.15) is 0 Å². The minimum absolute atomic E-state index is 0.135. The van der Waals surface area contributed by atoms with Gasteiger partial charge in [0.25, 0.3) is 0 Å². The average Bonchev–Trinajstić information content (AvgIpc) is 3.01. The number of ether oxygens (including phenoxy) is 1. The molecule has 0 aliphatic rings. The molecule has 0 atom stereocenters. The zero-order valence-corrected chi connectivity index (χ0v) is 14.4. The summed E-state index contributed by atoms with van der Waals surface area (Å²) in [5, 5.41) is 3.56. The first-order valence-corrected chi connectivity index (χ1v) is 8.04. The normalized spacial score (nSPS) is 10.5. The van der Waals surface area contributed by atoms with Crippen LogP contribution < -0.4 is 5.56 Å². The van der Waals surface area contributed by atoms with Gasteiger partial charge in [0.05, 0.1) is 24.4 Å². The number of carbonyl (C=O) groups is 1. The summed E-state index contributed by atoms with van der Waals surface area (Å²) in [5.41, 5.74) is 11.7. The molecule has 0 saturated heterocycles. The van der Waals surface area contributed by atoms with E-state index in [9.17, 15) is 9.59 Å². The third-order valence-electron chi connectivity index (χ3n) is 4.01. The third-order valence-corrected chi connectivity index (χ3v) is 4.01. The van der Waals surface area contributed by atoms with Crippen molar-refractivity contribution in [2.45, 2.75) is 13.5 Å². The van der Waals surface area contributed by atoms with E-state index in [0.717, 1.165) is 16.6 Å². The van der Waals surface area contributed by atoms with Crippen LogP contribution in [0.4, 0.5) is 0 Å². The molecule has 3 aromatic heterocycles. The summed E-state index contributed by atoms with van der Waals surface area (Å²) in [5.74, 6) is -0.434. The van der Waals surface area contributed by atoms with Crippen LogP contribution in [0, 0.1) is 0 Å². The van der Waals surface area contributed by atoms with Crippen molar-refractivity contribution in [3.05, 3.63) is 74.6 Å². The summed E-state index contributed by atoms with van der Waals surface area (Å²) in [7, 11) is 1.66. The second kappa shape index (κ2) is 7.16. The van der Waals surface area contributed by atoms with Crippen molar-refractivity contribution in [3.63, 3.8) is 0 Å². The molecule has 0 aromatic carbocycles. The molecule has 0 amide bonds. The van der Waals surface area contributed by atoms with Gasteiger partial charge in [-0.15, -0.1) is 0 Å². The van der Waals surface area contributed by atoms with Crippen LogP contribution in [0.2, 0.25) is 0 Å². The SMILES string of the molecule is CCOC(=O)c1cc2cc(CN=[N+]=[N-])ccn2c1-c1ccc(=O)n(C)c1. The van der Waals surface area contributed by atoms with Gasteiger partial charge in [-0.3, -0.25) is 4.79 Å². The number of nitrogens with zero attached hydrogens (tertiary/aromatic N) is 5. The summed E-state index contributed by atoms with van der Waals surface area (Å²) < 4.78 is 8.49. The topological polar surface area (TPSA) is 101 Å². The maximum absolute atomic E-state index is 12.4. The van der Waals surface area contributed by atoms with Crippen LogP contribution in [0.3, 0.4) is 0 Å². The molecule has 0 bridgehead atoms. The Kier molecular flexibility index (Phi) is 4.77. The summed E-state index contributed by atoms with van der Waals surface area (Å²) in [6, 6.07) is 8.54. The molecule has 8 nitrogen and oxygen atoms in total. The number of pyridine rings is 2. The highest BCUT2D eigenvalue weighted by atomic mass is 16.5. The van der Waals surface area contributed by atoms with Crippen molar-refractivity contribution in [1.82, 2.24) is 8.97 Å². The standard InChI is InChI=1S/C18H17N5O3/c1-3-26-18(25)15-9-14-8-12(10-20-21-19)6-7-23(14)17(15)13-4-5-16(24)22(2)11-13/h4-9,11H,3,10H2,1-2H3. The number of aryl methyl sites for hydroxylation is 1. The van der Waals surface area contributed by atoms with Gasteiger partial charge in [-0.2, -0.15) is 0 Å². The number of fused-ring (bicyclic) bond motifs is 1. The van der Waals surface area contributed by atoms with E-state index in [1.165, 1.54) is 10.6 Å². The van der Waals surface area contributed by atoms with Gasteiger partial charge < -0.3 is 13.7 Å². The number of rotatable bonds is 5. The second-order valence-corrected chi connectivity index (χ2v) is 5.71. The summed E-state index contributed by atoms with van der Waals surface area (Å²) in [4.78, 5) is 26.9. The van der Waals surface area contributed by atoms with Crippen molar-refractivity contribution >= 4 is 11.5 Å². The van der Waals surface area contributed by atoms with E-state index >= 15 is 0 Å². The van der Waals surface area contributed by atoms with Crippen molar-refractivity contribution in [1.29, 1.82) is 0 Å². The van der Waals surface area contributed by atoms with Crippen LogP contribution in [0.5, 0.6) is 0 Å². The van der Waals surface area contributed by atoms with Gasteiger partial charge >= 0.3 is 5.97 Å². The molecule has 0 aliphatic carbocycles. The molecule has 3 aromatic rings. The fraction of sp³-hybridized carbons (Fsp3) is 0.222. The zero-order valence-electron chi connectivity index (χ0n) is 14.4. The molecule has 3 heterocycles. The molecule has 0 aliphatic heterocycles. The number of aromatic nitrogens is 2. The van der Waals surface area contributed by atoms with E-state index in [1.54, 1.807) is 38.5 Å². The highest BCUT2D eigenvalue weighted by Crippen LogP contribution is 2.28. The van der Waals surface area contributed by atoms with E-state index in [2.05, 4.69) is 10.0 Å². The van der Waals surface area contributed by atoms with Crippen molar-refractivity contribution < 1.29 is 9.53 Å². The molecule has 0 radical (unpaired) electrons. The van der Waals surface area contributed by atoms with E-state index in [4.69, 9.17) is 10.3 Å². The molecule has 0 saturated carbocycles. The van der Waals surface area contributed by atoms with Crippen LogP contribution in [0.1, 0.15) is 22.8 Å². The summed E-state index contributed by atoms with van der Waals surface area (Å²) in [6.45, 7) is 2.24. The first kappa shape index (κ1) is 17.3. The zero-order chi connectivity index (χ0) is 18.7. The number of carbonyl (C=O) groups excluding carboxylic acids is 1. The van der Waals surface area contributed by atoms with E-state index in [0.29, 0.717) is 11.3 Å². The number of esters is 1. The molecule has 0 fully saturated rings. The summed E-state index contributed by atoms with van der Waals surface area (Å²) >= 11 is 0. The van der Waals surface area contributed by atoms with E-state index in [-0.39, 0.29) is 18.7 Å². The maximum Gasteiger partial charge on any atom is 0.340 e. The first-order chi connectivity index (χ1) is 12.5. The minimum Gasteiger partial charge on any atom is -0.462 e. The molecule has 132 valence electrons. The lowest BCUT2D eigenvalue weighted by Crippen LogP contribution is -2.14. The molecule has 3 rings (SSSR count). The Balaban J connectivity index is 2.24. The minimum atomic E-state index is -0.434. The second-order valence-electron chi connectivity index (χ2n) is 5.71. The smallest absolute Gasteiger partial charge is 0.340 e. The largest absolute Gasteiger partial charge is 0.462 e. The van der Waals surface area contributed by atoms with Gasteiger partial charge in [0.2, 0.25) is 5.56 Å². The van der Waals surface area contributed by atoms with Crippen LogP contribution in [0.15, 0.2) is 52.6 Å². The van der Waals surface area contributed by atoms with Gasteiger partial charge in [0, 0.05) is 41.5 Å². The van der Waals surface area contributed by atoms with Gasteiger partial charge in [-0.25, -0.2) is 4.79 Å². The number of hydrogen-bond acceptors (Lipinski definition) is 4. The Morgan fingerprint density at radius 3 is 2.81 bits per heavy atom. The Bertz CT molecular complexity index is 1090. The lowest BCUT2D eigenvalue weighted by Gasteiger charge is -2.09. The Hall–Kier alpha value is -3.51. The van der Waals surface area contributed by atoms with Crippen molar-refractivity contribution in [3.8, 4) is 11.3 Å². The molecule has 0 N–H and O–H groups in total. The molecule has 8 heteroatoms. The van der Waals surface area contributed by atoms with Crippen LogP contribution in [0.25, 0.3) is 27.2 Å². The number of hydrogen-bond donors (Lipinski definition) is 0. The Labute approximate surface area is 148 Å². The van der Waals surface area contributed by atoms with Crippen LogP contribution in [-0.4, -0.2) is 21.5 Å². The van der Waals surface area contributed by atoms with E-state index < -0.39 is 5.97 Å². The lowest BCUT2D eigenvalue weighted by atomic mass is 10.1. The van der Waals surface area contributed by atoms with Gasteiger partial charge in [-0.05, 0) is 42.3 Å². The Morgan fingerprint density at radius 1 is 1.31 bits per heavy atom. The van der Waals surface area contributed by atoms with Crippen molar-refractivity contribution in [2.75, 3.05) is 6.61 Å². The monoisotopic (exact) mass is 351 g/mol. The molecule has 0 spiro atoms. The van der Waals surface area contributed by atoms with Crippen LogP contribution >= 0.6 is 0 Å². The lowest BCUT2D eigenvalue weighted by molar-refractivity contribution is 0.0527. The average molecular weight is 351 g/mol. The molecular formula is C18H17N5O3. The summed E-state index contributed by atoms with van der Waals surface area (Å²) in [6.07, 6.45) is 3.49. The fourth-order valence-corrected chi connectivity index (χ4v) is 2.83. The predicted molar refractivity (Wildman–Crippen MR) is 96.9 cm³/mol. The van der Waals surface area contributed by atoms with Crippen molar-refractivity contribution in [2.24, 2.45) is 12.2 Å². The number of azide groups is 1. The molecular weight excluding hydrogens is 334 g/mol. The highest BCUT2D eigenvalue weighted by Gasteiger charge is 2.20. The fourth-order valence-electron chi connectivity index (χ4n) is 2.83. The predicted octanol–water partition coefficient (Wildman–Crippen LogP) is 3.29. The first-order valence-electron chi connectivity index (χ1n) is 8.04. The van der Waals surface area contributed by atoms with Gasteiger partial charge in [-0.1, -0.05) is 5.11 Å². The maximum atomic E-state index is 12.4.